The van der Waals surface area contributed by atoms with E-state index in [1.165, 1.54) is 6.42 Å². The fraction of sp³-hybridized carbons (Fsp3) is 0.588. The van der Waals surface area contributed by atoms with Crippen LogP contribution in [0.3, 0.4) is 0 Å². The van der Waals surface area contributed by atoms with Gasteiger partial charge in [-0.2, -0.15) is 0 Å². The number of carbonyl (C=O) groups excluding carboxylic acids is 3. The highest BCUT2D eigenvalue weighted by Gasteiger charge is 2.43. The molecule has 6 nitrogen and oxygen atoms in total. The third-order valence-corrected chi connectivity index (χ3v) is 6.35. The maximum Gasteiger partial charge on any atom is 0.348 e. The number of fused-ring (bicyclic) bond motifs is 2. The summed E-state index contributed by atoms with van der Waals surface area (Å²) in [6.07, 6.45) is 4.35. The van der Waals surface area contributed by atoms with Crippen molar-refractivity contribution in [3.63, 3.8) is 0 Å². The van der Waals surface area contributed by atoms with Crippen LogP contribution in [0.25, 0.3) is 0 Å². The summed E-state index contributed by atoms with van der Waals surface area (Å²) in [4.78, 5) is 36.8. The van der Waals surface area contributed by atoms with Gasteiger partial charge in [-0.25, -0.2) is 4.79 Å². The van der Waals surface area contributed by atoms with Crippen LogP contribution in [-0.4, -0.2) is 24.4 Å². The Hall–Kier alpha value is -1.89. The van der Waals surface area contributed by atoms with Crippen LogP contribution in [0.5, 0.6) is 0 Å². The average molecular weight is 350 g/mol. The first-order chi connectivity index (χ1) is 11.4. The predicted molar refractivity (Wildman–Crippen MR) is 91.1 cm³/mol. The lowest BCUT2D eigenvalue weighted by atomic mass is 9.88. The Morgan fingerprint density at radius 1 is 1.29 bits per heavy atom. The molecule has 0 saturated heterocycles. The molecule has 2 saturated carbocycles. The SMILES string of the molecule is CCOC(=O)c1sc(NC(=O)[C@@H]2C[C@H]3CC[C@H]2C3)c(C(N)=O)c1C. The van der Waals surface area contributed by atoms with Crippen molar-refractivity contribution in [3.8, 4) is 0 Å². The summed E-state index contributed by atoms with van der Waals surface area (Å²) in [6, 6.07) is 0. The number of thiophene rings is 1. The minimum absolute atomic E-state index is 0.00192. The minimum atomic E-state index is -0.650. The zero-order valence-electron chi connectivity index (χ0n) is 13.9. The maximum atomic E-state index is 12.6. The van der Waals surface area contributed by atoms with E-state index in [-0.39, 0.29) is 24.0 Å². The van der Waals surface area contributed by atoms with Crippen molar-refractivity contribution in [3.05, 3.63) is 16.0 Å². The van der Waals surface area contributed by atoms with E-state index in [0.29, 0.717) is 27.3 Å². The minimum Gasteiger partial charge on any atom is -0.462 e. The summed E-state index contributed by atoms with van der Waals surface area (Å²) >= 11 is 1.06. The molecule has 2 fully saturated rings. The van der Waals surface area contributed by atoms with Crippen molar-refractivity contribution in [1.29, 1.82) is 0 Å². The molecule has 1 aromatic heterocycles. The molecule has 2 aliphatic carbocycles. The maximum absolute atomic E-state index is 12.6. The number of hydrogen-bond donors (Lipinski definition) is 2. The van der Waals surface area contributed by atoms with Gasteiger partial charge in [0, 0.05) is 5.92 Å². The summed E-state index contributed by atoms with van der Waals surface area (Å²) in [7, 11) is 0. The summed E-state index contributed by atoms with van der Waals surface area (Å²) in [6.45, 7) is 3.61. The molecule has 0 aromatic carbocycles. The first-order valence-electron chi connectivity index (χ1n) is 8.33. The van der Waals surface area contributed by atoms with Crippen LogP contribution in [0, 0.1) is 24.7 Å². The Bertz CT molecular complexity index is 697. The van der Waals surface area contributed by atoms with Gasteiger partial charge >= 0.3 is 5.97 Å². The molecule has 2 bridgehead atoms. The molecule has 3 rings (SSSR count). The van der Waals surface area contributed by atoms with Gasteiger partial charge in [0.2, 0.25) is 5.91 Å². The lowest BCUT2D eigenvalue weighted by Crippen LogP contribution is -2.27. The zero-order valence-corrected chi connectivity index (χ0v) is 14.7. The van der Waals surface area contributed by atoms with Crippen LogP contribution in [0.1, 0.15) is 58.2 Å². The van der Waals surface area contributed by atoms with E-state index < -0.39 is 11.9 Å². The molecule has 130 valence electrons. The first-order valence-corrected chi connectivity index (χ1v) is 9.15. The van der Waals surface area contributed by atoms with Gasteiger partial charge in [-0.1, -0.05) is 6.42 Å². The van der Waals surface area contributed by atoms with Crippen molar-refractivity contribution in [2.24, 2.45) is 23.5 Å². The summed E-state index contributed by atoms with van der Waals surface area (Å²) in [5.74, 6) is -0.121. The molecular weight excluding hydrogens is 328 g/mol. The number of ether oxygens (including phenoxy) is 1. The molecule has 0 radical (unpaired) electrons. The van der Waals surface area contributed by atoms with Crippen LogP contribution in [0.2, 0.25) is 0 Å². The summed E-state index contributed by atoms with van der Waals surface area (Å²) in [5.41, 5.74) is 6.13. The fourth-order valence-corrected chi connectivity index (χ4v) is 5.17. The standard InChI is InChI=1S/C17H22N2O4S/c1-3-23-17(22)13-8(2)12(14(18)20)16(24-13)19-15(21)11-7-9-4-5-10(11)6-9/h9-11H,3-7H2,1-2H3,(H2,18,20)(H,19,21)/t9-,10-,11+/m0/s1. The van der Waals surface area contributed by atoms with E-state index in [1.54, 1.807) is 13.8 Å². The third-order valence-electron chi connectivity index (χ3n) is 5.17. The second-order valence-corrected chi connectivity index (χ2v) is 7.64. The normalized spacial score (nSPS) is 24.8. The van der Waals surface area contributed by atoms with Gasteiger partial charge in [0.25, 0.3) is 5.91 Å². The number of carbonyl (C=O) groups is 3. The largest absolute Gasteiger partial charge is 0.462 e. The molecule has 0 unspecified atom stereocenters. The van der Waals surface area contributed by atoms with Gasteiger partial charge in [0.05, 0.1) is 12.2 Å². The Balaban J connectivity index is 1.84. The second kappa shape index (κ2) is 6.55. The Labute approximate surface area is 144 Å². The molecule has 1 heterocycles. The fourth-order valence-electron chi connectivity index (χ4n) is 4.06. The number of rotatable bonds is 5. The smallest absolute Gasteiger partial charge is 0.348 e. The topological polar surface area (TPSA) is 98.5 Å². The summed E-state index contributed by atoms with van der Waals surface area (Å²) in [5, 5.41) is 3.21. The number of amides is 2. The molecule has 7 heteroatoms. The van der Waals surface area contributed by atoms with Crippen molar-refractivity contribution in [2.45, 2.75) is 39.5 Å². The molecule has 24 heavy (non-hydrogen) atoms. The quantitative estimate of drug-likeness (QED) is 0.798. The van der Waals surface area contributed by atoms with E-state index in [1.807, 2.05) is 0 Å². The van der Waals surface area contributed by atoms with Gasteiger partial charge in [-0.05, 0) is 50.5 Å². The molecule has 0 spiro atoms. The van der Waals surface area contributed by atoms with Crippen LogP contribution in [0.4, 0.5) is 5.00 Å². The van der Waals surface area contributed by atoms with Gasteiger partial charge in [0.15, 0.2) is 0 Å². The van der Waals surface area contributed by atoms with E-state index in [4.69, 9.17) is 10.5 Å². The predicted octanol–water partition coefficient (Wildman–Crippen LogP) is 2.71. The molecule has 2 aliphatic rings. The molecule has 3 atom stereocenters. The van der Waals surface area contributed by atoms with Crippen molar-refractivity contribution < 1.29 is 19.1 Å². The number of esters is 1. The average Bonchev–Trinajstić information content (AvgIpc) is 3.21. The molecule has 0 aliphatic heterocycles. The highest BCUT2D eigenvalue weighted by Crippen LogP contribution is 2.49. The number of hydrogen-bond acceptors (Lipinski definition) is 5. The number of primary amides is 1. The zero-order chi connectivity index (χ0) is 17.4. The highest BCUT2D eigenvalue weighted by molar-refractivity contribution is 7.18. The Morgan fingerprint density at radius 2 is 2.04 bits per heavy atom. The molecule has 3 N–H and O–H groups in total. The van der Waals surface area contributed by atoms with E-state index >= 15 is 0 Å². The van der Waals surface area contributed by atoms with Gasteiger partial charge in [-0.3, -0.25) is 9.59 Å². The molecule has 1 aromatic rings. The van der Waals surface area contributed by atoms with Crippen molar-refractivity contribution >= 4 is 34.1 Å². The van der Waals surface area contributed by atoms with E-state index in [9.17, 15) is 14.4 Å². The monoisotopic (exact) mass is 350 g/mol. The third kappa shape index (κ3) is 2.92. The second-order valence-electron chi connectivity index (χ2n) is 6.62. The van der Waals surface area contributed by atoms with E-state index in [2.05, 4.69) is 5.32 Å². The number of nitrogens with two attached hydrogens (primary N) is 1. The lowest BCUT2D eigenvalue weighted by Gasteiger charge is -2.20. The van der Waals surface area contributed by atoms with Gasteiger partial charge in [-0.15, -0.1) is 11.3 Å². The Morgan fingerprint density at radius 3 is 2.58 bits per heavy atom. The van der Waals surface area contributed by atoms with Gasteiger partial charge < -0.3 is 15.8 Å². The van der Waals surface area contributed by atoms with Crippen molar-refractivity contribution in [1.82, 2.24) is 0 Å². The first kappa shape index (κ1) is 17.0. The molecule has 2 amide bonds. The highest BCUT2D eigenvalue weighted by atomic mass is 32.1. The van der Waals surface area contributed by atoms with Crippen LogP contribution >= 0.6 is 11.3 Å². The van der Waals surface area contributed by atoms with Crippen molar-refractivity contribution in [2.75, 3.05) is 11.9 Å². The van der Waals surface area contributed by atoms with Crippen LogP contribution in [-0.2, 0) is 9.53 Å². The number of anilines is 1. The lowest BCUT2D eigenvalue weighted by molar-refractivity contribution is -0.121. The summed E-state index contributed by atoms with van der Waals surface area (Å²) < 4.78 is 5.01. The molecular formula is C17H22N2O4S. The Kier molecular flexibility index (Phi) is 4.62. The van der Waals surface area contributed by atoms with Gasteiger partial charge in [0.1, 0.15) is 9.88 Å². The van der Waals surface area contributed by atoms with Crippen LogP contribution < -0.4 is 11.1 Å². The number of nitrogens with one attached hydrogen (secondary N) is 1. The van der Waals surface area contributed by atoms with Crippen LogP contribution in [0.15, 0.2) is 0 Å². The van der Waals surface area contributed by atoms with E-state index in [0.717, 1.165) is 30.6 Å².